The molecule has 0 aliphatic heterocycles. The van der Waals surface area contributed by atoms with Gasteiger partial charge < -0.3 is 0 Å². The maximum absolute atomic E-state index is 5.20. The number of pyridine rings is 2. The molecule has 0 unspecified atom stereocenters. The molecule has 15 aromatic carbocycles. The molecule has 0 fully saturated rings. The van der Waals surface area contributed by atoms with E-state index in [9.17, 15) is 0 Å². The Morgan fingerprint density at radius 1 is 0.154 bits per heavy atom. The van der Waals surface area contributed by atoms with Gasteiger partial charge in [0.1, 0.15) is 0 Å². The van der Waals surface area contributed by atoms with E-state index in [1.807, 2.05) is 42.7 Å². The molecule has 6 nitrogen and oxygen atoms in total. The summed E-state index contributed by atoms with van der Waals surface area (Å²) in [7, 11) is 0. The first-order chi connectivity index (χ1) is 51.6. The van der Waals surface area contributed by atoms with Crippen molar-refractivity contribution in [3.63, 3.8) is 0 Å². The Morgan fingerprint density at radius 3 is 0.750 bits per heavy atom. The Morgan fingerprint density at radius 2 is 0.404 bits per heavy atom. The van der Waals surface area contributed by atoms with E-state index in [0.29, 0.717) is 11.6 Å². The van der Waals surface area contributed by atoms with E-state index in [1.165, 1.54) is 87.2 Å². The van der Waals surface area contributed by atoms with Gasteiger partial charge in [0.05, 0.1) is 22.8 Å². The largest absolute Gasteiger partial charge is 0.264 e. The average molecular weight is 1330 g/mol. The molecule has 19 aromatic rings. The van der Waals surface area contributed by atoms with Crippen LogP contribution in [0.2, 0.25) is 0 Å². The van der Waals surface area contributed by atoms with Crippen LogP contribution in [-0.4, -0.2) is 29.9 Å². The van der Waals surface area contributed by atoms with E-state index >= 15 is 0 Å². The van der Waals surface area contributed by atoms with Gasteiger partial charge in [-0.15, -0.1) is 0 Å². The Balaban J connectivity index is 0.000000149. The van der Waals surface area contributed by atoms with Crippen LogP contribution in [0.3, 0.4) is 0 Å². The van der Waals surface area contributed by atoms with Crippen LogP contribution in [0.4, 0.5) is 0 Å². The molecule has 0 aliphatic rings. The Kier molecular flexibility index (Phi) is 16.6. The van der Waals surface area contributed by atoms with Crippen LogP contribution in [0.5, 0.6) is 0 Å². The third kappa shape index (κ3) is 12.2. The highest BCUT2D eigenvalue weighted by Gasteiger charge is 2.21. The summed E-state index contributed by atoms with van der Waals surface area (Å²) >= 11 is 0. The summed E-state index contributed by atoms with van der Waals surface area (Å²) in [5, 5.41) is 12.3. The second-order valence-electron chi connectivity index (χ2n) is 26.1. The van der Waals surface area contributed by atoms with Gasteiger partial charge in [-0.3, -0.25) is 9.97 Å². The van der Waals surface area contributed by atoms with Gasteiger partial charge in [-0.1, -0.05) is 334 Å². The van der Waals surface area contributed by atoms with Crippen LogP contribution < -0.4 is 0 Å². The second-order valence-corrected chi connectivity index (χ2v) is 26.1. The molecule has 4 heterocycles. The summed E-state index contributed by atoms with van der Waals surface area (Å²) in [5.74, 6) is 1.38. The van der Waals surface area contributed by atoms with Crippen molar-refractivity contribution < 1.29 is 0 Å². The van der Waals surface area contributed by atoms with Gasteiger partial charge in [0.25, 0.3) is 0 Å². The summed E-state index contributed by atoms with van der Waals surface area (Å²) in [6.45, 7) is 0. The van der Waals surface area contributed by atoms with Crippen molar-refractivity contribution in [2.24, 2.45) is 0 Å². The fraction of sp³-hybridized carbons (Fsp3) is 0. The number of fused-ring (bicyclic) bond motifs is 5. The van der Waals surface area contributed by atoms with E-state index in [-0.39, 0.29) is 0 Å². The molecule has 0 saturated carbocycles. The number of benzene rings is 15. The lowest BCUT2D eigenvalue weighted by atomic mass is 9.86. The number of rotatable bonds is 12. The third-order valence-corrected chi connectivity index (χ3v) is 19.8. The highest BCUT2D eigenvalue weighted by atomic mass is 14.9. The maximum Gasteiger partial charge on any atom is 0.160 e. The van der Waals surface area contributed by atoms with Crippen molar-refractivity contribution in [2.75, 3.05) is 0 Å². The van der Waals surface area contributed by atoms with E-state index in [2.05, 4.69) is 344 Å². The molecule has 6 heteroatoms. The fourth-order valence-electron chi connectivity index (χ4n) is 14.7. The van der Waals surface area contributed by atoms with Crippen molar-refractivity contribution >= 4 is 53.9 Å². The zero-order valence-electron chi connectivity index (χ0n) is 56.6. The van der Waals surface area contributed by atoms with Crippen LogP contribution in [-0.2, 0) is 0 Å². The van der Waals surface area contributed by atoms with Crippen molar-refractivity contribution in [3.05, 3.63) is 389 Å². The molecule has 0 amide bonds. The van der Waals surface area contributed by atoms with E-state index in [4.69, 9.17) is 19.9 Å². The lowest BCUT2D eigenvalue weighted by Gasteiger charge is -2.18. The third-order valence-electron chi connectivity index (χ3n) is 19.8. The van der Waals surface area contributed by atoms with Crippen molar-refractivity contribution in [3.8, 4) is 135 Å². The topological polar surface area (TPSA) is 77.3 Å². The Labute approximate surface area is 603 Å². The van der Waals surface area contributed by atoms with Gasteiger partial charge in [0.15, 0.2) is 11.6 Å². The zero-order chi connectivity index (χ0) is 69.1. The van der Waals surface area contributed by atoms with E-state index < -0.39 is 0 Å². The smallest absolute Gasteiger partial charge is 0.160 e. The van der Waals surface area contributed by atoms with Gasteiger partial charge in [-0.2, -0.15) is 0 Å². The maximum atomic E-state index is 5.20. The summed E-state index contributed by atoms with van der Waals surface area (Å²) in [6.07, 6.45) is 7.37. The number of nitrogens with zero attached hydrogens (tertiary/aromatic N) is 6. The van der Waals surface area contributed by atoms with E-state index in [1.54, 1.807) is 12.4 Å². The van der Waals surface area contributed by atoms with E-state index in [0.717, 1.165) is 89.5 Å². The quantitative estimate of drug-likeness (QED) is 0.113. The van der Waals surface area contributed by atoms with Crippen LogP contribution in [0.15, 0.2) is 389 Å². The summed E-state index contributed by atoms with van der Waals surface area (Å²) in [5.41, 5.74) is 23.8. The Bertz CT molecular complexity index is 6220. The molecule has 19 rings (SSSR count). The minimum atomic E-state index is 0.688. The van der Waals surface area contributed by atoms with Gasteiger partial charge in [0, 0.05) is 58.2 Å². The molecular weight excluding hydrogens is 1260 g/mol. The first kappa shape index (κ1) is 62.3. The summed E-state index contributed by atoms with van der Waals surface area (Å²) < 4.78 is 0. The number of hydrogen-bond donors (Lipinski definition) is 0. The van der Waals surface area contributed by atoms with Gasteiger partial charge >= 0.3 is 0 Å². The molecule has 0 N–H and O–H groups in total. The Hall–Kier alpha value is -13.9. The lowest BCUT2D eigenvalue weighted by molar-refractivity contribution is 1.18. The molecule has 486 valence electrons. The van der Waals surface area contributed by atoms with Crippen molar-refractivity contribution in [1.29, 1.82) is 0 Å². The summed E-state index contributed by atoms with van der Waals surface area (Å²) in [6, 6.07) is 129. The summed E-state index contributed by atoms with van der Waals surface area (Å²) in [4.78, 5) is 29.2. The zero-order valence-corrected chi connectivity index (χ0v) is 56.6. The predicted molar refractivity (Wildman–Crippen MR) is 432 cm³/mol. The molecule has 0 bridgehead atoms. The van der Waals surface area contributed by atoms with Crippen LogP contribution in [0.1, 0.15) is 0 Å². The number of hydrogen-bond acceptors (Lipinski definition) is 6. The van der Waals surface area contributed by atoms with Crippen LogP contribution >= 0.6 is 0 Å². The minimum Gasteiger partial charge on any atom is -0.264 e. The van der Waals surface area contributed by atoms with Crippen LogP contribution in [0.25, 0.3) is 188 Å². The monoisotopic (exact) mass is 1320 g/mol. The van der Waals surface area contributed by atoms with Crippen LogP contribution in [0, 0.1) is 0 Å². The van der Waals surface area contributed by atoms with Crippen molar-refractivity contribution in [2.45, 2.75) is 0 Å². The van der Waals surface area contributed by atoms with Gasteiger partial charge in [-0.25, -0.2) is 19.9 Å². The standard InChI is InChI=1S/C51H33N3.C47H31N3/c1-2-12-37(13-3-1)49-43-16-6-8-18-45(43)50(46-19-9-7-17-44(46)49)38-25-27-39(28-26-38)51-53-47(36-23-20-35(21-24-36)42-15-10-30-52-33-42)32-48(54-51)41-29-22-34-11-4-5-14-40(34)31-41;1-3-12-33(13-4-1)43-30-44(34-23-21-32(22-24-34)38-16-11-29-48-31-38)50-47(49-43)37-27-25-36(26-28-37)46-41-19-9-7-17-39(41)45(35-14-5-2-6-15-35)40-18-8-10-20-42(40)46/h1-33H;1-31H. The van der Waals surface area contributed by atoms with Crippen molar-refractivity contribution in [1.82, 2.24) is 29.9 Å². The normalized spacial score (nSPS) is 11.3. The molecule has 104 heavy (non-hydrogen) atoms. The molecule has 0 radical (unpaired) electrons. The molecule has 0 atom stereocenters. The number of aromatic nitrogens is 6. The first-order valence-electron chi connectivity index (χ1n) is 35.1. The first-order valence-corrected chi connectivity index (χ1v) is 35.1. The fourth-order valence-corrected chi connectivity index (χ4v) is 14.7. The van der Waals surface area contributed by atoms with Gasteiger partial charge in [-0.05, 0) is 151 Å². The minimum absolute atomic E-state index is 0.688. The highest BCUT2D eigenvalue weighted by Crippen LogP contribution is 2.46. The van der Waals surface area contributed by atoms with Gasteiger partial charge in [0.2, 0.25) is 0 Å². The predicted octanol–water partition coefficient (Wildman–Crippen LogP) is 25.5. The average Bonchev–Trinajstić information content (AvgIpc) is 0.742. The second kappa shape index (κ2) is 27.6. The highest BCUT2D eigenvalue weighted by molar-refractivity contribution is 6.23. The molecule has 0 aliphatic carbocycles. The SMILES string of the molecule is c1ccc(-c2c3ccccc3c(-c3ccc(-c4nc(-c5ccc(-c6cccnc6)cc5)cc(-c5ccc6ccccc6c5)n4)cc3)c3ccccc23)cc1.c1ccc(-c2cc(-c3ccc(-c4cccnc4)cc3)nc(-c3ccc(-c4c5ccccc5c(-c5ccccc5)c5ccccc45)cc3)n2)cc1. The molecule has 4 aromatic heterocycles. The molecular formula is C98H64N6. The lowest BCUT2D eigenvalue weighted by Crippen LogP contribution is -1.96. The molecule has 0 spiro atoms. The molecule has 0 saturated heterocycles.